The monoisotopic (exact) mass is 615 g/mol. The zero-order valence-electron chi connectivity index (χ0n) is 22.6. The smallest absolute Gasteiger partial charge is 0.264 e. The number of nitrogens with one attached hydrogen (secondary N) is 1. The van der Waals surface area contributed by atoms with E-state index in [1.165, 1.54) is 24.1 Å². The number of benzene rings is 3. The van der Waals surface area contributed by atoms with E-state index in [0.717, 1.165) is 26.3 Å². The zero-order valence-corrected chi connectivity index (χ0v) is 25.0. The number of carbonyl (C=O) groups is 2. The predicted molar refractivity (Wildman–Crippen MR) is 156 cm³/mol. The van der Waals surface area contributed by atoms with Crippen LogP contribution in [0.5, 0.6) is 5.75 Å². The molecule has 0 radical (unpaired) electrons. The SMILES string of the molecule is CCCNC(=O)[C@H](C)N(Cc1ccc(Br)cc1)C(=O)CN(c1ccccc1OC)S(=O)(=O)c1ccc(C)cc1. The van der Waals surface area contributed by atoms with E-state index in [0.29, 0.717) is 12.3 Å². The summed E-state index contributed by atoms with van der Waals surface area (Å²) in [5.41, 5.74) is 1.92. The molecule has 0 aliphatic heterocycles. The summed E-state index contributed by atoms with van der Waals surface area (Å²) in [4.78, 5) is 28.3. The Morgan fingerprint density at radius 3 is 2.26 bits per heavy atom. The molecule has 39 heavy (non-hydrogen) atoms. The van der Waals surface area contributed by atoms with Crippen molar-refractivity contribution in [2.75, 3.05) is 24.5 Å². The van der Waals surface area contributed by atoms with Crippen molar-refractivity contribution in [2.24, 2.45) is 0 Å². The number of anilines is 1. The third-order valence-corrected chi connectivity index (χ3v) is 8.53. The van der Waals surface area contributed by atoms with Crippen LogP contribution >= 0.6 is 15.9 Å². The topological polar surface area (TPSA) is 96.0 Å². The van der Waals surface area contributed by atoms with Crippen LogP contribution in [0.4, 0.5) is 5.69 Å². The third kappa shape index (κ3) is 7.60. The normalized spacial score (nSPS) is 11.9. The number of carbonyl (C=O) groups excluding carboxylic acids is 2. The highest BCUT2D eigenvalue weighted by Gasteiger charge is 2.33. The van der Waals surface area contributed by atoms with Gasteiger partial charge in [0.05, 0.1) is 17.7 Å². The number of para-hydroxylation sites is 2. The number of halogens is 1. The molecule has 0 bridgehead atoms. The van der Waals surface area contributed by atoms with E-state index < -0.39 is 28.5 Å². The van der Waals surface area contributed by atoms with Crippen LogP contribution in [-0.2, 0) is 26.2 Å². The highest BCUT2D eigenvalue weighted by molar-refractivity contribution is 9.10. The zero-order chi connectivity index (χ0) is 28.6. The second kappa shape index (κ2) is 13.6. The summed E-state index contributed by atoms with van der Waals surface area (Å²) in [6.45, 7) is 5.51. The summed E-state index contributed by atoms with van der Waals surface area (Å²) in [5, 5.41) is 2.83. The van der Waals surface area contributed by atoms with Crippen LogP contribution in [0.25, 0.3) is 0 Å². The van der Waals surface area contributed by atoms with Gasteiger partial charge in [-0.25, -0.2) is 8.42 Å². The minimum Gasteiger partial charge on any atom is -0.495 e. The van der Waals surface area contributed by atoms with Crippen LogP contribution in [0.1, 0.15) is 31.4 Å². The summed E-state index contributed by atoms with van der Waals surface area (Å²) in [6.07, 6.45) is 0.746. The van der Waals surface area contributed by atoms with Crippen molar-refractivity contribution in [2.45, 2.75) is 44.7 Å². The molecule has 2 amide bonds. The Bertz CT molecular complexity index is 1380. The molecule has 0 aliphatic rings. The van der Waals surface area contributed by atoms with Gasteiger partial charge in [-0.1, -0.05) is 64.8 Å². The summed E-state index contributed by atoms with van der Waals surface area (Å²) in [7, 11) is -2.73. The minimum atomic E-state index is -4.17. The van der Waals surface area contributed by atoms with Gasteiger partial charge in [0.15, 0.2) is 0 Å². The van der Waals surface area contributed by atoms with E-state index in [1.807, 2.05) is 38.1 Å². The fourth-order valence-electron chi connectivity index (χ4n) is 3.95. The van der Waals surface area contributed by atoms with Gasteiger partial charge in [0.2, 0.25) is 11.8 Å². The molecular formula is C29H34BrN3O5S. The second-order valence-corrected chi connectivity index (χ2v) is 11.9. The van der Waals surface area contributed by atoms with Gasteiger partial charge >= 0.3 is 0 Å². The number of ether oxygens (including phenoxy) is 1. The number of sulfonamides is 1. The maximum absolute atomic E-state index is 13.9. The highest BCUT2D eigenvalue weighted by atomic mass is 79.9. The predicted octanol–water partition coefficient (Wildman–Crippen LogP) is 4.90. The van der Waals surface area contributed by atoms with Crippen molar-refractivity contribution < 1.29 is 22.7 Å². The molecule has 208 valence electrons. The lowest BCUT2D eigenvalue weighted by Crippen LogP contribution is -2.51. The summed E-state index contributed by atoms with van der Waals surface area (Å²) in [6, 6.07) is 19.6. The van der Waals surface area contributed by atoms with Crippen molar-refractivity contribution in [3.63, 3.8) is 0 Å². The first-order valence-corrected chi connectivity index (χ1v) is 14.9. The van der Waals surface area contributed by atoms with Crippen molar-refractivity contribution in [3.8, 4) is 5.75 Å². The molecule has 0 fully saturated rings. The van der Waals surface area contributed by atoms with Crippen molar-refractivity contribution in [1.29, 1.82) is 0 Å². The standard InChI is InChI=1S/C29H34BrN3O5S/c1-5-18-31-29(35)22(3)32(19-23-12-14-24(30)15-13-23)28(34)20-33(26-8-6-7-9-27(26)38-4)39(36,37)25-16-10-21(2)11-17-25/h6-17,22H,5,18-20H2,1-4H3,(H,31,35)/t22-/m0/s1. The average molecular weight is 617 g/mol. The van der Waals surface area contributed by atoms with Crippen LogP contribution in [0, 0.1) is 6.92 Å². The molecule has 1 atom stereocenters. The van der Waals surface area contributed by atoms with Crippen LogP contribution in [0.15, 0.2) is 82.2 Å². The van der Waals surface area contributed by atoms with E-state index in [9.17, 15) is 18.0 Å². The molecule has 3 aromatic rings. The third-order valence-electron chi connectivity index (χ3n) is 6.22. The van der Waals surface area contributed by atoms with Gasteiger partial charge in [-0.05, 0) is 62.2 Å². The number of amides is 2. The van der Waals surface area contributed by atoms with E-state index in [-0.39, 0.29) is 23.0 Å². The molecule has 0 aliphatic carbocycles. The van der Waals surface area contributed by atoms with Crippen LogP contribution < -0.4 is 14.4 Å². The van der Waals surface area contributed by atoms with Crippen molar-refractivity contribution in [1.82, 2.24) is 10.2 Å². The lowest BCUT2D eigenvalue weighted by atomic mass is 10.1. The maximum Gasteiger partial charge on any atom is 0.264 e. The first-order chi connectivity index (χ1) is 18.6. The molecule has 1 N–H and O–H groups in total. The molecule has 0 unspecified atom stereocenters. The molecule has 0 aromatic heterocycles. The van der Waals surface area contributed by atoms with E-state index in [1.54, 1.807) is 43.3 Å². The van der Waals surface area contributed by atoms with Crippen LogP contribution in [-0.4, -0.2) is 51.4 Å². The molecule has 10 heteroatoms. The van der Waals surface area contributed by atoms with Gasteiger partial charge in [-0.3, -0.25) is 13.9 Å². The largest absolute Gasteiger partial charge is 0.495 e. The number of rotatable bonds is 12. The molecule has 0 spiro atoms. The van der Waals surface area contributed by atoms with Crippen molar-refractivity contribution in [3.05, 3.63) is 88.4 Å². The maximum atomic E-state index is 13.9. The quantitative estimate of drug-likeness (QED) is 0.312. The first kappa shape index (κ1) is 30.2. The molecule has 3 rings (SSSR count). The van der Waals surface area contributed by atoms with Gasteiger partial charge in [-0.15, -0.1) is 0 Å². The Hall–Kier alpha value is -3.37. The molecular weight excluding hydrogens is 582 g/mol. The molecule has 3 aromatic carbocycles. The lowest BCUT2D eigenvalue weighted by molar-refractivity contribution is -0.139. The number of aryl methyl sites for hydroxylation is 1. The Morgan fingerprint density at radius 1 is 1.00 bits per heavy atom. The highest BCUT2D eigenvalue weighted by Crippen LogP contribution is 2.32. The fourth-order valence-corrected chi connectivity index (χ4v) is 5.64. The summed E-state index contributed by atoms with van der Waals surface area (Å²) >= 11 is 3.41. The van der Waals surface area contributed by atoms with E-state index in [2.05, 4.69) is 21.2 Å². The van der Waals surface area contributed by atoms with Gasteiger partial charge in [0, 0.05) is 17.6 Å². The Morgan fingerprint density at radius 2 is 1.64 bits per heavy atom. The van der Waals surface area contributed by atoms with E-state index in [4.69, 9.17) is 4.74 Å². The molecule has 8 nitrogen and oxygen atoms in total. The van der Waals surface area contributed by atoms with Crippen LogP contribution in [0.3, 0.4) is 0 Å². The van der Waals surface area contributed by atoms with Gasteiger partial charge in [0.1, 0.15) is 18.3 Å². The van der Waals surface area contributed by atoms with Gasteiger partial charge in [-0.2, -0.15) is 0 Å². The lowest BCUT2D eigenvalue weighted by Gasteiger charge is -2.32. The number of nitrogens with zero attached hydrogens (tertiary/aromatic N) is 2. The number of hydrogen-bond acceptors (Lipinski definition) is 5. The molecule has 0 saturated heterocycles. The second-order valence-electron chi connectivity index (χ2n) is 9.11. The van der Waals surface area contributed by atoms with Gasteiger partial charge < -0.3 is 15.0 Å². The molecule has 0 heterocycles. The average Bonchev–Trinajstić information content (AvgIpc) is 2.93. The fraction of sp³-hybridized carbons (Fsp3) is 0.310. The van der Waals surface area contributed by atoms with Crippen molar-refractivity contribution >= 4 is 43.5 Å². The Labute approximate surface area is 239 Å². The first-order valence-electron chi connectivity index (χ1n) is 12.6. The minimum absolute atomic E-state index is 0.0417. The Balaban J connectivity index is 2.05. The van der Waals surface area contributed by atoms with E-state index >= 15 is 0 Å². The Kier molecular flexibility index (Phi) is 10.5. The van der Waals surface area contributed by atoms with Crippen LogP contribution in [0.2, 0.25) is 0 Å². The summed E-state index contributed by atoms with van der Waals surface area (Å²) < 4.78 is 35.2. The van der Waals surface area contributed by atoms with Gasteiger partial charge in [0.25, 0.3) is 10.0 Å². The molecule has 0 saturated carbocycles. The number of hydrogen-bond donors (Lipinski definition) is 1. The number of methoxy groups -OCH3 is 1. The summed E-state index contributed by atoms with van der Waals surface area (Å²) in [5.74, 6) is -0.541.